The van der Waals surface area contributed by atoms with E-state index in [4.69, 9.17) is 14.2 Å². The molecule has 2 fully saturated rings. The van der Waals surface area contributed by atoms with Crippen molar-refractivity contribution in [3.63, 3.8) is 0 Å². The Hall–Kier alpha value is -1.49. The van der Waals surface area contributed by atoms with E-state index in [0.717, 1.165) is 37.9 Å². The standard InChI is InChI=1S/C22H30O4/c1-3-22(2)18(16-26-21-11-7-8-14-24-21)19(23)12-13-20(22)25-15-17-9-5-4-6-10-17/h3-6,9-10,18,20-21H,1,7-8,11-16H2,2H3/t18-,20+,21?,22+/m1/s1. The molecule has 1 aromatic carbocycles. The summed E-state index contributed by atoms with van der Waals surface area (Å²) in [6.07, 6.45) is 6.02. The zero-order valence-corrected chi connectivity index (χ0v) is 15.7. The predicted molar refractivity (Wildman–Crippen MR) is 101 cm³/mol. The van der Waals surface area contributed by atoms with Crippen LogP contribution < -0.4 is 0 Å². The molecule has 1 saturated carbocycles. The number of carbonyl (C=O) groups excluding carboxylic acids is 1. The Morgan fingerprint density at radius 1 is 1.23 bits per heavy atom. The second-order valence-corrected chi connectivity index (χ2v) is 7.54. The first-order valence-corrected chi connectivity index (χ1v) is 9.68. The lowest BCUT2D eigenvalue weighted by Gasteiger charge is -2.44. The Kier molecular flexibility index (Phi) is 6.63. The van der Waals surface area contributed by atoms with Gasteiger partial charge in [-0.15, -0.1) is 6.58 Å². The minimum atomic E-state index is -0.432. The Bertz CT molecular complexity index is 593. The summed E-state index contributed by atoms with van der Waals surface area (Å²) in [4.78, 5) is 12.6. The zero-order chi connectivity index (χ0) is 18.4. The Balaban J connectivity index is 1.64. The molecule has 0 N–H and O–H groups in total. The Morgan fingerprint density at radius 3 is 2.73 bits per heavy atom. The number of benzene rings is 1. The molecule has 0 radical (unpaired) electrons. The molecule has 1 aromatic rings. The maximum absolute atomic E-state index is 12.6. The van der Waals surface area contributed by atoms with Crippen molar-refractivity contribution in [2.45, 2.75) is 58.0 Å². The number of carbonyl (C=O) groups is 1. The molecule has 0 bridgehead atoms. The highest BCUT2D eigenvalue weighted by Gasteiger charge is 2.47. The summed E-state index contributed by atoms with van der Waals surface area (Å²) in [6.45, 7) is 7.75. The second kappa shape index (κ2) is 8.94. The normalized spacial score (nSPS) is 32.3. The van der Waals surface area contributed by atoms with Crippen LogP contribution in [0.15, 0.2) is 43.0 Å². The van der Waals surface area contributed by atoms with Crippen LogP contribution in [0.3, 0.4) is 0 Å². The molecule has 3 rings (SSSR count). The maximum atomic E-state index is 12.6. The van der Waals surface area contributed by atoms with E-state index in [1.807, 2.05) is 24.3 Å². The number of ketones is 1. The van der Waals surface area contributed by atoms with E-state index in [1.54, 1.807) is 0 Å². The summed E-state index contributed by atoms with van der Waals surface area (Å²) in [5.41, 5.74) is 0.706. The van der Waals surface area contributed by atoms with Gasteiger partial charge in [0.15, 0.2) is 6.29 Å². The summed E-state index contributed by atoms with van der Waals surface area (Å²) in [5, 5.41) is 0. The van der Waals surface area contributed by atoms with Gasteiger partial charge in [0, 0.05) is 18.4 Å². The van der Waals surface area contributed by atoms with Crippen molar-refractivity contribution in [3.8, 4) is 0 Å². The van der Waals surface area contributed by atoms with Crippen molar-refractivity contribution in [1.29, 1.82) is 0 Å². The highest BCUT2D eigenvalue weighted by Crippen LogP contribution is 2.43. The summed E-state index contributed by atoms with van der Waals surface area (Å²) < 4.78 is 17.8. The molecule has 4 nitrogen and oxygen atoms in total. The average Bonchev–Trinajstić information content (AvgIpc) is 2.69. The number of hydrogen-bond acceptors (Lipinski definition) is 4. The van der Waals surface area contributed by atoms with Gasteiger partial charge in [0.25, 0.3) is 0 Å². The average molecular weight is 358 g/mol. The predicted octanol–water partition coefficient (Wildman–Crippen LogP) is 4.29. The van der Waals surface area contributed by atoms with Gasteiger partial charge in [0.2, 0.25) is 0 Å². The van der Waals surface area contributed by atoms with Gasteiger partial charge in [0.1, 0.15) is 5.78 Å². The number of Topliss-reactive ketones (excluding diaryl/α,β-unsaturated/α-hetero) is 1. The largest absolute Gasteiger partial charge is 0.373 e. The van der Waals surface area contributed by atoms with Crippen molar-refractivity contribution in [3.05, 3.63) is 48.6 Å². The first kappa shape index (κ1) is 19.3. The monoisotopic (exact) mass is 358 g/mol. The van der Waals surface area contributed by atoms with Crippen LogP contribution in [0.4, 0.5) is 0 Å². The van der Waals surface area contributed by atoms with Gasteiger partial charge in [-0.05, 0) is 31.2 Å². The highest BCUT2D eigenvalue weighted by molar-refractivity contribution is 5.83. The summed E-state index contributed by atoms with van der Waals surface area (Å²) in [6, 6.07) is 10.1. The van der Waals surface area contributed by atoms with E-state index in [-0.39, 0.29) is 24.1 Å². The molecule has 0 aromatic heterocycles. The lowest BCUT2D eigenvalue weighted by atomic mass is 9.65. The molecule has 2 aliphatic rings. The molecule has 1 saturated heterocycles. The molecule has 1 heterocycles. The zero-order valence-electron chi connectivity index (χ0n) is 15.7. The highest BCUT2D eigenvalue weighted by atomic mass is 16.7. The first-order chi connectivity index (χ1) is 12.6. The third kappa shape index (κ3) is 4.43. The molecule has 4 heteroatoms. The minimum absolute atomic E-state index is 0.0428. The molecule has 142 valence electrons. The summed E-state index contributed by atoms with van der Waals surface area (Å²) >= 11 is 0. The fraction of sp³-hybridized carbons (Fsp3) is 0.591. The van der Waals surface area contributed by atoms with Crippen LogP contribution in [0.25, 0.3) is 0 Å². The van der Waals surface area contributed by atoms with Gasteiger partial charge in [-0.25, -0.2) is 0 Å². The Labute approximate surface area is 156 Å². The molecule has 1 aliphatic heterocycles. The van der Waals surface area contributed by atoms with E-state index < -0.39 is 5.41 Å². The molecule has 0 spiro atoms. The third-order valence-corrected chi connectivity index (χ3v) is 5.81. The van der Waals surface area contributed by atoms with Crippen molar-refractivity contribution in [1.82, 2.24) is 0 Å². The number of hydrogen-bond donors (Lipinski definition) is 0. The second-order valence-electron chi connectivity index (χ2n) is 7.54. The Morgan fingerprint density at radius 2 is 2.04 bits per heavy atom. The lowest BCUT2D eigenvalue weighted by Crippen LogP contribution is -2.49. The summed E-state index contributed by atoms with van der Waals surface area (Å²) in [5.74, 6) is 0.00261. The van der Waals surface area contributed by atoms with Crippen LogP contribution in [-0.2, 0) is 25.6 Å². The fourth-order valence-electron chi connectivity index (χ4n) is 3.96. The van der Waals surface area contributed by atoms with Crippen molar-refractivity contribution in [2.24, 2.45) is 11.3 Å². The van der Waals surface area contributed by atoms with Crippen LogP contribution in [0, 0.1) is 11.3 Å². The topological polar surface area (TPSA) is 44.8 Å². The van der Waals surface area contributed by atoms with Crippen molar-refractivity contribution < 1.29 is 19.0 Å². The van der Waals surface area contributed by atoms with E-state index in [9.17, 15) is 4.79 Å². The number of ether oxygens (including phenoxy) is 3. The fourth-order valence-corrected chi connectivity index (χ4v) is 3.96. The smallest absolute Gasteiger partial charge is 0.157 e. The molecule has 0 amide bonds. The SMILES string of the molecule is C=C[C@]1(C)[C@@H](OCc2ccccc2)CCC(=O)[C@H]1COC1CCCCO1. The first-order valence-electron chi connectivity index (χ1n) is 9.68. The quantitative estimate of drug-likeness (QED) is 0.682. The van der Waals surface area contributed by atoms with Gasteiger partial charge in [-0.3, -0.25) is 4.79 Å². The van der Waals surface area contributed by atoms with E-state index in [1.165, 1.54) is 0 Å². The van der Waals surface area contributed by atoms with Crippen molar-refractivity contribution >= 4 is 5.78 Å². The van der Waals surface area contributed by atoms with E-state index in [0.29, 0.717) is 19.6 Å². The molecule has 1 aliphatic carbocycles. The van der Waals surface area contributed by atoms with Gasteiger partial charge in [-0.1, -0.05) is 43.3 Å². The van der Waals surface area contributed by atoms with Crippen LogP contribution in [-0.4, -0.2) is 31.4 Å². The van der Waals surface area contributed by atoms with Crippen LogP contribution in [0.2, 0.25) is 0 Å². The van der Waals surface area contributed by atoms with Gasteiger partial charge in [-0.2, -0.15) is 0 Å². The number of rotatable bonds is 7. The van der Waals surface area contributed by atoms with E-state index >= 15 is 0 Å². The molecule has 4 atom stereocenters. The van der Waals surface area contributed by atoms with Crippen LogP contribution >= 0.6 is 0 Å². The van der Waals surface area contributed by atoms with Crippen LogP contribution in [0.1, 0.15) is 44.6 Å². The maximum Gasteiger partial charge on any atom is 0.157 e. The van der Waals surface area contributed by atoms with Gasteiger partial charge < -0.3 is 14.2 Å². The molecule has 1 unspecified atom stereocenters. The lowest BCUT2D eigenvalue weighted by molar-refractivity contribution is -0.185. The molecular weight excluding hydrogens is 328 g/mol. The van der Waals surface area contributed by atoms with Crippen LogP contribution in [0.5, 0.6) is 0 Å². The molecule has 26 heavy (non-hydrogen) atoms. The van der Waals surface area contributed by atoms with Gasteiger partial charge >= 0.3 is 0 Å². The van der Waals surface area contributed by atoms with E-state index in [2.05, 4.69) is 25.6 Å². The van der Waals surface area contributed by atoms with Gasteiger partial charge in [0.05, 0.1) is 25.2 Å². The third-order valence-electron chi connectivity index (χ3n) is 5.81. The van der Waals surface area contributed by atoms with Crippen molar-refractivity contribution in [2.75, 3.05) is 13.2 Å². The summed E-state index contributed by atoms with van der Waals surface area (Å²) in [7, 11) is 0. The molecular formula is C22H30O4. The minimum Gasteiger partial charge on any atom is -0.373 e.